The average molecular weight is 278 g/mol. The number of rotatable bonds is 4. The Kier molecular flexibility index (Phi) is 4.01. The van der Waals surface area contributed by atoms with Crippen molar-refractivity contribution in [2.75, 3.05) is 7.11 Å². The van der Waals surface area contributed by atoms with E-state index in [9.17, 15) is 9.90 Å². The van der Waals surface area contributed by atoms with Gasteiger partial charge in [0.25, 0.3) is 5.91 Å². The second kappa shape index (κ2) is 5.71. The standard InChI is InChI=1S/C13H14N2O3S/c1-8-11(19-7-15-8)6-14-13(17)9-4-3-5-10(18-2)12(9)16/h3-5,7,16H,6H2,1-2H3,(H,14,17). The normalized spacial score (nSPS) is 10.2. The van der Waals surface area contributed by atoms with E-state index in [-0.39, 0.29) is 23.0 Å². The van der Waals surface area contributed by atoms with Gasteiger partial charge in [-0.15, -0.1) is 11.3 Å². The van der Waals surface area contributed by atoms with E-state index in [1.165, 1.54) is 18.4 Å². The van der Waals surface area contributed by atoms with Crippen LogP contribution in [0.3, 0.4) is 0 Å². The highest BCUT2D eigenvalue weighted by atomic mass is 32.1. The summed E-state index contributed by atoms with van der Waals surface area (Å²) in [5, 5.41) is 12.6. The Bertz CT molecular complexity index is 595. The minimum absolute atomic E-state index is 0.150. The van der Waals surface area contributed by atoms with Crippen LogP contribution in [-0.2, 0) is 6.54 Å². The van der Waals surface area contributed by atoms with E-state index < -0.39 is 0 Å². The lowest BCUT2D eigenvalue weighted by Gasteiger charge is -2.09. The van der Waals surface area contributed by atoms with Crippen molar-refractivity contribution in [3.05, 3.63) is 39.8 Å². The Morgan fingerprint density at radius 1 is 1.53 bits per heavy atom. The molecule has 0 saturated carbocycles. The zero-order valence-electron chi connectivity index (χ0n) is 10.6. The number of methoxy groups -OCH3 is 1. The molecule has 0 saturated heterocycles. The van der Waals surface area contributed by atoms with Crippen LogP contribution in [0.25, 0.3) is 0 Å². The molecule has 100 valence electrons. The number of para-hydroxylation sites is 1. The van der Waals surface area contributed by atoms with E-state index in [1.807, 2.05) is 6.92 Å². The summed E-state index contributed by atoms with van der Waals surface area (Å²) in [7, 11) is 1.44. The minimum atomic E-state index is -0.343. The lowest BCUT2D eigenvalue weighted by molar-refractivity contribution is 0.0948. The zero-order valence-corrected chi connectivity index (χ0v) is 11.5. The molecular formula is C13H14N2O3S. The number of benzene rings is 1. The Balaban J connectivity index is 2.10. The maximum atomic E-state index is 12.0. The molecule has 0 bridgehead atoms. The number of aromatic nitrogens is 1. The Hall–Kier alpha value is -2.08. The quantitative estimate of drug-likeness (QED) is 0.898. The molecule has 0 radical (unpaired) electrons. The third-order valence-corrected chi connectivity index (χ3v) is 3.65. The van der Waals surface area contributed by atoms with Crippen molar-refractivity contribution in [1.29, 1.82) is 0 Å². The van der Waals surface area contributed by atoms with Gasteiger partial charge in [0.2, 0.25) is 0 Å². The summed E-state index contributed by atoms with van der Waals surface area (Å²) in [5.41, 5.74) is 2.83. The fourth-order valence-electron chi connectivity index (χ4n) is 1.62. The molecule has 2 aromatic rings. The molecular weight excluding hydrogens is 264 g/mol. The summed E-state index contributed by atoms with van der Waals surface area (Å²) in [6.45, 7) is 2.28. The molecule has 19 heavy (non-hydrogen) atoms. The number of amides is 1. The Morgan fingerprint density at radius 3 is 2.95 bits per heavy atom. The van der Waals surface area contributed by atoms with E-state index in [1.54, 1.807) is 23.7 Å². The van der Waals surface area contributed by atoms with Gasteiger partial charge in [0.1, 0.15) is 0 Å². The van der Waals surface area contributed by atoms with Crippen LogP contribution in [0.1, 0.15) is 20.9 Å². The van der Waals surface area contributed by atoms with Gasteiger partial charge in [-0.2, -0.15) is 0 Å². The molecule has 0 aliphatic heterocycles. The van der Waals surface area contributed by atoms with Crippen LogP contribution in [-0.4, -0.2) is 23.1 Å². The first-order valence-electron chi connectivity index (χ1n) is 5.66. The summed E-state index contributed by atoms with van der Waals surface area (Å²) in [6, 6.07) is 4.80. The van der Waals surface area contributed by atoms with Gasteiger partial charge in [-0.1, -0.05) is 6.07 Å². The summed E-state index contributed by atoms with van der Waals surface area (Å²) >= 11 is 1.49. The first-order valence-corrected chi connectivity index (χ1v) is 6.54. The maximum absolute atomic E-state index is 12.0. The molecule has 1 aromatic carbocycles. The van der Waals surface area contributed by atoms with Crippen molar-refractivity contribution in [1.82, 2.24) is 10.3 Å². The number of aromatic hydroxyl groups is 1. The number of aryl methyl sites for hydroxylation is 1. The van der Waals surface area contributed by atoms with Crippen molar-refractivity contribution in [3.8, 4) is 11.5 Å². The fraction of sp³-hybridized carbons (Fsp3) is 0.231. The molecule has 1 amide bonds. The molecule has 0 unspecified atom stereocenters. The molecule has 0 fully saturated rings. The predicted molar refractivity (Wildman–Crippen MR) is 72.7 cm³/mol. The van der Waals surface area contributed by atoms with Gasteiger partial charge in [0.05, 0.1) is 30.4 Å². The second-order valence-electron chi connectivity index (χ2n) is 3.90. The van der Waals surface area contributed by atoms with Crippen molar-refractivity contribution >= 4 is 17.2 Å². The van der Waals surface area contributed by atoms with Gasteiger partial charge in [0.15, 0.2) is 11.5 Å². The van der Waals surface area contributed by atoms with Gasteiger partial charge in [-0.3, -0.25) is 4.79 Å². The molecule has 1 aromatic heterocycles. The van der Waals surface area contributed by atoms with Crippen LogP contribution >= 0.6 is 11.3 Å². The molecule has 2 rings (SSSR count). The van der Waals surface area contributed by atoms with Gasteiger partial charge < -0.3 is 15.2 Å². The number of carbonyl (C=O) groups excluding carboxylic acids is 1. The second-order valence-corrected chi connectivity index (χ2v) is 4.84. The monoisotopic (exact) mass is 278 g/mol. The predicted octanol–water partition coefficient (Wildman–Crippen LogP) is 2.10. The van der Waals surface area contributed by atoms with Crippen LogP contribution < -0.4 is 10.1 Å². The van der Waals surface area contributed by atoms with Crippen molar-refractivity contribution in [3.63, 3.8) is 0 Å². The highest BCUT2D eigenvalue weighted by Crippen LogP contribution is 2.29. The van der Waals surface area contributed by atoms with Gasteiger partial charge in [0, 0.05) is 4.88 Å². The van der Waals surface area contributed by atoms with Crippen LogP contribution in [0.5, 0.6) is 11.5 Å². The van der Waals surface area contributed by atoms with Crippen molar-refractivity contribution in [2.24, 2.45) is 0 Å². The molecule has 0 spiro atoms. The third-order valence-electron chi connectivity index (χ3n) is 2.72. The fourth-order valence-corrected chi connectivity index (χ4v) is 2.34. The lowest BCUT2D eigenvalue weighted by Crippen LogP contribution is -2.22. The summed E-state index contributed by atoms with van der Waals surface area (Å²) in [5.74, 6) is -0.214. The number of nitrogens with one attached hydrogen (secondary N) is 1. The number of phenolic OH excluding ortho intramolecular Hbond substituents is 1. The molecule has 0 aliphatic rings. The third kappa shape index (κ3) is 2.85. The van der Waals surface area contributed by atoms with Crippen LogP contribution in [0.4, 0.5) is 0 Å². The number of thiazole rings is 1. The first kappa shape index (κ1) is 13.4. The first-order chi connectivity index (χ1) is 9.13. The summed E-state index contributed by atoms with van der Waals surface area (Å²) in [6.07, 6.45) is 0. The Labute approximate surface area is 114 Å². The van der Waals surface area contributed by atoms with E-state index in [4.69, 9.17) is 4.74 Å². The van der Waals surface area contributed by atoms with Gasteiger partial charge in [-0.05, 0) is 19.1 Å². The molecule has 1 heterocycles. The molecule has 6 heteroatoms. The van der Waals surface area contributed by atoms with Gasteiger partial charge in [-0.25, -0.2) is 4.98 Å². The van der Waals surface area contributed by atoms with Crippen molar-refractivity contribution in [2.45, 2.75) is 13.5 Å². The van der Waals surface area contributed by atoms with Gasteiger partial charge >= 0.3 is 0 Å². The summed E-state index contributed by atoms with van der Waals surface area (Å²) < 4.78 is 4.97. The Morgan fingerprint density at radius 2 is 2.32 bits per heavy atom. The largest absolute Gasteiger partial charge is 0.504 e. The number of carbonyl (C=O) groups is 1. The topological polar surface area (TPSA) is 71.5 Å². The SMILES string of the molecule is COc1cccc(C(=O)NCc2scnc2C)c1O. The molecule has 2 N–H and O–H groups in total. The van der Waals surface area contributed by atoms with E-state index >= 15 is 0 Å². The highest BCUT2D eigenvalue weighted by Gasteiger charge is 2.14. The number of hydrogen-bond acceptors (Lipinski definition) is 5. The van der Waals surface area contributed by atoms with Crippen molar-refractivity contribution < 1.29 is 14.6 Å². The maximum Gasteiger partial charge on any atom is 0.255 e. The number of hydrogen-bond donors (Lipinski definition) is 2. The number of nitrogens with zero attached hydrogens (tertiary/aromatic N) is 1. The van der Waals surface area contributed by atoms with Crippen LogP contribution in [0, 0.1) is 6.92 Å². The lowest BCUT2D eigenvalue weighted by atomic mass is 10.1. The number of phenols is 1. The number of ether oxygens (including phenoxy) is 1. The van der Waals surface area contributed by atoms with Crippen LogP contribution in [0.15, 0.2) is 23.7 Å². The highest BCUT2D eigenvalue weighted by molar-refractivity contribution is 7.09. The molecule has 0 aliphatic carbocycles. The summed E-state index contributed by atoms with van der Waals surface area (Å²) in [4.78, 5) is 17.1. The van der Waals surface area contributed by atoms with E-state index in [2.05, 4.69) is 10.3 Å². The van der Waals surface area contributed by atoms with E-state index in [0.29, 0.717) is 6.54 Å². The zero-order chi connectivity index (χ0) is 13.8. The molecule has 5 nitrogen and oxygen atoms in total. The minimum Gasteiger partial charge on any atom is -0.504 e. The smallest absolute Gasteiger partial charge is 0.255 e. The van der Waals surface area contributed by atoms with Crippen LogP contribution in [0.2, 0.25) is 0 Å². The van der Waals surface area contributed by atoms with E-state index in [0.717, 1.165) is 10.6 Å². The average Bonchev–Trinajstić information content (AvgIpc) is 2.82. The molecule has 0 atom stereocenters.